The van der Waals surface area contributed by atoms with Crippen LogP contribution in [0.1, 0.15) is 76.6 Å². The lowest BCUT2D eigenvalue weighted by atomic mass is 9.61. The van der Waals surface area contributed by atoms with Crippen molar-refractivity contribution in [2.24, 2.45) is 5.92 Å². The maximum atomic E-state index is 6.88. The molecule has 4 aromatic rings. The molecule has 0 amide bonds. The van der Waals surface area contributed by atoms with E-state index in [-0.39, 0.29) is 10.8 Å². The van der Waals surface area contributed by atoms with E-state index in [0.29, 0.717) is 5.92 Å². The van der Waals surface area contributed by atoms with Crippen molar-refractivity contribution in [2.45, 2.75) is 78.6 Å². The minimum absolute atomic E-state index is 0.0818. The number of fused-ring (bicyclic) bond motifs is 5. The monoisotopic (exact) mass is 425 g/mol. The number of hydrogen-bond donors (Lipinski definition) is 0. The Kier molecular flexibility index (Phi) is 4.78. The summed E-state index contributed by atoms with van der Waals surface area (Å²) in [6.07, 6.45) is 5.38. The van der Waals surface area contributed by atoms with Crippen molar-refractivity contribution in [3.63, 3.8) is 0 Å². The van der Waals surface area contributed by atoms with Gasteiger partial charge in [0.2, 0.25) is 0 Å². The van der Waals surface area contributed by atoms with E-state index in [2.05, 4.69) is 78.8 Å². The van der Waals surface area contributed by atoms with Gasteiger partial charge in [0.25, 0.3) is 0 Å². The summed E-state index contributed by atoms with van der Waals surface area (Å²) in [6, 6.07) is 12.6. The molecule has 1 aliphatic rings. The van der Waals surface area contributed by atoms with E-state index in [1.54, 1.807) is 0 Å². The first-order chi connectivity index (χ1) is 15.1. The van der Waals surface area contributed by atoms with Gasteiger partial charge < -0.3 is 4.42 Å². The normalized spacial score (nSPS) is 17.2. The minimum atomic E-state index is 0.0818. The van der Waals surface area contributed by atoms with Crippen LogP contribution in [0, 0.1) is 12.8 Å². The number of aromatic nitrogens is 1. The highest BCUT2D eigenvalue weighted by atomic mass is 16.3. The third kappa shape index (κ3) is 3.10. The highest BCUT2D eigenvalue weighted by Crippen LogP contribution is 2.53. The highest BCUT2D eigenvalue weighted by Gasteiger charge is 2.42. The topological polar surface area (TPSA) is 26.0 Å². The molecule has 0 atom stereocenters. The van der Waals surface area contributed by atoms with Crippen LogP contribution in [-0.4, -0.2) is 4.98 Å². The smallest absolute Gasteiger partial charge is 0.161 e. The standard InChI is InChI=1S/C30H35NO/c1-18(2)17-22-19(3)24-25(30(6,7)15-14-29(24,4)5)28-23(22)21-13-16-31-26(27(21)32-28)20-11-9-8-10-12-20/h8-13,16,18H,14-15,17H2,1-7H3. The van der Waals surface area contributed by atoms with E-state index in [1.807, 2.05) is 12.3 Å². The third-order valence-corrected chi connectivity index (χ3v) is 7.60. The van der Waals surface area contributed by atoms with Crippen LogP contribution in [0.15, 0.2) is 47.0 Å². The molecule has 32 heavy (non-hydrogen) atoms. The molecule has 2 aromatic carbocycles. The van der Waals surface area contributed by atoms with Gasteiger partial charge in [-0.25, -0.2) is 0 Å². The summed E-state index contributed by atoms with van der Waals surface area (Å²) in [5, 5.41) is 2.52. The Morgan fingerprint density at radius 1 is 0.906 bits per heavy atom. The zero-order valence-corrected chi connectivity index (χ0v) is 20.6. The van der Waals surface area contributed by atoms with Gasteiger partial charge in [-0.05, 0) is 65.7 Å². The summed E-state index contributed by atoms with van der Waals surface area (Å²) in [5.74, 6) is 0.579. The molecule has 0 unspecified atom stereocenters. The molecule has 0 N–H and O–H groups in total. The fourth-order valence-corrected chi connectivity index (χ4v) is 5.97. The van der Waals surface area contributed by atoms with Gasteiger partial charge in [-0.1, -0.05) is 71.9 Å². The van der Waals surface area contributed by atoms with Gasteiger partial charge in [0.1, 0.15) is 11.3 Å². The summed E-state index contributed by atoms with van der Waals surface area (Å²) >= 11 is 0. The van der Waals surface area contributed by atoms with Gasteiger partial charge in [0.15, 0.2) is 5.58 Å². The Balaban J connectivity index is 1.99. The zero-order valence-electron chi connectivity index (χ0n) is 20.6. The molecular weight excluding hydrogens is 390 g/mol. The van der Waals surface area contributed by atoms with Crippen molar-refractivity contribution in [2.75, 3.05) is 0 Å². The van der Waals surface area contributed by atoms with Crippen LogP contribution < -0.4 is 0 Å². The molecule has 2 aromatic heterocycles. The van der Waals surface area contributed by atoms with E-state index in [4.69, 9.17) is 9.40 Å². The molecule has 0 saturated heterocycles. The van der Waals surface area contributed by atoms with Crippen LogP contribution in [-0.2, 0) is 17.3 Å². The van der Waals surface area contributed by atoms with Gasteiger partial charge in [0.05, 0.1) is 0 Å². The van der Waals surface area contributed by atoms with Crippen molar-refractivity contribution >= 4 is 21.9 Å². The lowest BCUT2D eigenvalue weighted by molar-refractivity contribution is 0.329. The average Bonchev–Trinajstić information content (AvgIpc) is 3.12. The molecule has 2 heterocycles. The van der Waals surface area contributed by atoms with Gasteiger partial charge in [-0.3, -0.25) is 4.98 Å². The summed E-state index contributed by atoms with van der Waals surface area (Å²) < 4.78 is 6.88. The van der Waals surface area contributed by atoms with Crippen molar-refractivity contribution in [3.05, 3.63) is 64.8 Å². The second kappa shape index (κ2) is 7.20. The van der Waals surface area contributed by atoms with E-state index in [9.17, 15) is 0 Å². The molecule has 0 spiro atoms. The van der Waals surface area contributed by atoms with Crippen LogP contribution in [0.4, 0.5) is 0 Å². The van der Waals surface area contributed by atoms with Gasteiger partial charge in [0, 0.05) is 28.1 Å². The summed E-state index contributed by atoms with van der Waals surface area (Å²) in [6.45, 7) is 16.6. The molecule has 2 nitrogen and oxygen atoms in total. The number of nitrogens with zero attached hydrogens (tertiary/aromatic N) is 1. The van der Waals surface area contributed by atoms with Crippen molar-refractivity contribution in [1.82, 2.24) is 4.98 Å². The first-order valence-corrected chi connectivity index (χ1v) is 12.0. The van der Waals surface area contributed by atoms with Crippen molar-refractivity contribution in [3.8, 4) is 11.3 Å². The summed E-state index contributed by atoms with van der Waals surface area (Å²) in [5.41, 5.74) is 10.2. The van der Waals surface area contributed by atoms with E-state index in [0.717, 1.165) is 28.8 Å². The molecule has 0 aliphatic heterocycles. The van der Waals surface area contributed by atoms with Crippen LogP contribution in [0.3, 0.4) is 0 Å². The Hall–Kier alpha value is -2.61. The Labute approximate surface area is 192 Å². The second-order valence-electron chi connectivity index (χ2n) is 11.4. The van der Waals surface area contributed by atoms with Gasteiger partial charge in [-0.15, -0.1) is 0 Å². The van der Waals surface area contributed by atoms with Crippen molar-refractivity contribution < 1.29 is 4.42 Å². The van der Waals surface area contributed by atoms with E-state index >= 15 is 0 Å². The average molecular weight is 426 g/mol. The predicted octanol–water partition coefficient (Wildman–Crippen LogP) is 8.50. The minimum Gasteiger partial charge on any atom is -0.453 e. The summed E-state index contributed by atoms with van der Waals surface area (Å²) in [7, 11) is 0. The predicted molar refractivity (Wildman–Crippen MR) is 136 cm³/mol. The van der Waals surface area contributed by atoms with Crippen LogP contribution in [0.5, 0.6) is 0 Å². The molecule has 0 bridgehead atoms. The Morgan fingerprint density at radius 2 is 1.56 bits per heavy atom. The molecule has 166 valence electrons. The number of furan rings is 1. The number of pyridine rings is 1. The summed E-state index contributed by atoms with van der Waals surface area (Å²) in [4.78, 5) is 4.77. The van der Waals surface area contributed by atoms with Gasteiger partial charge >= 0.3 is 0 Å². The van der Waals surface area contributed by atoms with E-state index < -0.39 is 0 Å². The lowest BCUT2D eigenvalue weighted by Gasteiger charge is -2.43. The largest absolute Gasteiger partial charge is 0.453 e. The number of benzene rings is 2. The Morgan fingerprint density at radius 3 is 2.22 bits per heavy atom. The number of rotatable bonds is 3. The van der Waals surface area contributed by atoms with Crippen LogP contribution in [0.25, 0.3) is 33.2 Å². The molecule has 2 heteroatoms. The molecule has 1 aliphatic carbocycles. The maximum Gasteiger partial charge on any atom is 0.161 e. The Bertz CT molecular complexity index is 1320. The fourth-order valence-electron chi connectivity index (χ4n) is 5.97. The van der Waals surface area contributed by atoms with E-state index in [1.165, 1.54) is 45.9 Å². The SMILES string of the molecule is Cc1c2c(c3oc4c(-c5ccccc5)nccc4c3c1CC(C)C)C(C)(C)CCC2(C)C. The molecular formula is C30H35NO. The third-order valence-electron chi connectivity index (χ3n) is 7.60. The molecule has 5 rings (SSSR count). The fraction of sp³-hybridized carbons (Fsp3) is 0.433. The second-order valence-corrected chi connectivity index (χ2v) is 11.4. The first kappa shape index (κ1) is 21.2. The zero-order chi connectivity index (χ0) is 22.8. The molecule has 0 fully saturated rings. The van der Waals surface area contributed by atoms with Crippen LogP contribution >= 0.6 is 0 Å². The quantitative estimate of drug-likeness (QED) is 0.329. The number of hydrogen-bond acceptors (Lipinski definition) is 2. The molecule has 0 saturated carbocycles. The van der Waals surface area contributed by atoms with Crippen LogP contribution in [0.2, 0.25) is 0 Å². The first-order valence-electron chi connectivity index (χ1n) is 12.0. The van der Waals surface area contributed by atoms with Gasteiger partial charge in [-0.2, -0.15) is 0 Å². The van der Waals surface area contributed by atoms with Crippen molar-refractivity contribution in [1.29, 1.82) is 0 Å². The molecule has 0 radical (unpaired) electrons. The highest BCUT2D eigenvalue weighted by molar-refractivity contribution is 6.12. The lowest BCUT2D eigenvalue weighted by Crippen LogP contribution is -2.35. The maximum absolute atomic E-state index is 6.88.